The number of carbonyl (C=O) groups is 1. The number of halogens is 3. The van der Waals surface area contributed by atoms with Crippen molar-refractivity contribution in [3.05, 3.63) is 35.1 Å². The van der Waals surface area contributed by atoms with E-state index in [0.717, 1.165) is 18.2 Å². The van der Waals surface area contributed by atoms with Crippen LogP contribution in [0.3, 0.4) is 0 Å². The fourth-order valence-electron chi connectivity index (χ4n) is 1.27. The van der Waals surface area contributed by atoms with Gasteiger partial charge in [-0.1, -0.05) is 6.07 Å². The fraction of sp³-hybridized carbons (Fsp3) is 0.364. The van der Waals surface area contributed by atoms with E-state index in [-0.39, 0.29) is 17.7 Å². The van der Waals surface area contributed by atoms with Crippen LogP contribution in [0.25, 0.3) is 0 Å². The minimum Gasteiger partial charge on any atom is -0.313 e. The van der Waals surface area contributed by atoms with Gasteiger partial charge in [0.25, 0.3) is 5.92 Å². The van der Waals surface area contributed by atoms with Crippen LogP contribution in [0.1, 0.15) is 22.8 Å². The first-order valence-corrected chi connectivity index (χ1v) is 4.72. The molecule has 1 rings (SSSR count). The Hall–Kier alpha value is -1.36. The number of Topliss-reactive ketones (excluding diaryl/α,β-unsaturated/α-hetero) is 1. The van der Waals surface area contributed by atoms with Crippen LogP contribution in [-0.2, 0) is 5.92 Å². The smallest absolute Gasteiger partial charge is 0.270 e. The first-order valence-electron chi connectivity index (χ1n) is 4.72. The van der Waals surface area contributed by atoms with Gasteiger partial charge in [-0.3, -0.25) is 4.79 Å². The number of likely N-dealkylation sites (N-methyl/N-ethyl adjacent to an activating group) is 1. The third-order valence-electron chi connectivity index (χ3n) is 2.11. The van der Waals surface area contributed by atoms with E-state index in [0.29, 0.717) is 6.92 Å². The minimum absolute atomic E-state index is 0.0876. The van der Waals surface area contributed by atoms with E-state index in [1.807, 2.05) is 0 Å². The third-order valence-corrected chi connectivity index (χ3v) is 2.11. The van der Waals surface area contributed by atoms with Crippen molar-refractivity contribution in [1.29, 1.82) is 0 Å². The molecule has 16 heavy (non-hydrogen) atoms. The number of benzene rings is 1. The maximum atomic E-state index is 13.2. The third kappa shape index (κ3) is 2.82. The Bertz CT molecular complexity index is 399. The quantitative estimate of drug-likeness (QED) is 0.806. The van der Waals surface area contributed by atoms with Gasteiger partial charge in [-0.25, -0.2) is 13.2 Å². The molecule has 1 N–H and O–H groups in total. The molecule has 5 heteroatoms. The predicted octanol–water partition coefficient (Wildman–Crippen LogP) is 2.34. The highest BCUT2D eigenvalue weighted by Crippen LogP contribution is 2.28. The fourth-order valence-corrected chi connectivity index (χ4v) is 1.27. The van der Waals surface area contributed by atoms with Gasteiger partial charge in [0.05, 0.1) is 12.1 Å². The molecule has 0 saturated carbocycles. The van der Waals surface area contributed by atoms with Crippen LogP contribution in [0.5, 0.6) is 0 Å². The monoisotopic (exact) mass is 231 g/mol. The number of hydrogen-bond donors (Lipinski definition) is 1. The summed E-state index contributed by atoms with van der Waals surface area (Å²) in [4.78, 5) is 11.4. The Labute approximate surface area is 91.5 Å². The summed E-state index contributed by atoms with van der Waals surface area (Å²) in [6.45, 7) is 0.613. The zero-order valence-corrected chi connectivity index (χ0v) is 8.98. The van der Waals surface area contributed by atoms with Crippen molar-refractivity contribution in [3.8, 4) is 0 Å². The van der Waals surface area contributed by atoms with Gasteiger partial charge in [0, 0.05) is 12.5 Å². The van der Waals surface area contributed by atoms with Crippen LogP contribution in [0.15, 0.2) is 18.2 Å². The molecule has 0 fully saturated rings. The topological polar surface area (TPSA) is 29.1 Å². The highest BCUT2D eigenvalue weighted by Gasteiger charge is 2.26. The van der Waals surface area contributed by atoms with Crippen molar-refractivity contribution in [2.45, 2.75) is 12.8 Å². The van der Waals surface area contributed by atoms with Crippen molar-refractivity contribution < 1.29 is 18.0 Å². The summed E-state index contributed by atoms with van der Waals surface area (Å²) in [5.41, 5.74) is -0.679. The molecule has 0 aliphatic rings. The number of ketones is 1. The highest BCUT2D eigenvalue weighted by molar-refractivity contribution is 5.98. The maximum Gasteiger partial charge on any atom is 0.270 e. The Morgan fingerprint density at radius 1 is 1.44 bits per heavy atom. The van der Waals surface area contributed by atoms with Gasteiger partial charge >= 0.3 is 0 Å². The number of nitrogens with one attached hydrogen (secondary N) is 1. The van der Waals surface area contributed by atoms with Gasteiger partial charge in [-0.15, -0.1) is 0 Å². The van der Waals surface area contributed by atoms with Gasteiger partial charge in [0.2, 0.25) is 0 Å². The largest absolute Gasteiger partial charge is 0.313 e. The average molecular weight is 231 g/mol. The first kappa shape index (κ1) is 12.7. The molecule has 2 nitrogen and oxygen atoms in total. The summed E-state index contributed by atoms with van der Waals surface area (Å²) in [5, 5.41) is 2.55. The maximum absolute atomic E-state index is 13.2. The van der Waals surface area contributed by atoms with Gasteiger partial charge in [-0.2, -0.15) is 0 Å². The molecule has 88 valence electrons. The first-order chi connectivity index (χ1) is 7.36. The van der Waals surface area contributed by atoms with Crippen LogP contribution in [0.2, 0.25) is 0 Å². The molecular weight excluding hydrogens is 219 g/mol. The molecule has 0 heterocycles. The van der Waals surface area contributed by atoms with Gasteiger partial charge in [-0.05, 0) is 19.2 Å². The molecule has 0 aromatic heterocycles. The lowest BCUT2D eigenvalue weighted by Crippen LogP contribution is -2.20. The molecular formula is C11H12F3NO. The summed E-state index contributed by atoms with van der Waals surface area (Å²) in [6, 6.07) is 2.76. The van der Waals surface area contributed by atoms with Gasteiger partial charge in [0.1, 0.15) is 5.82 Å². The average Bonchev–Trinajstić information content (AvgIpc) is 2.16. The lowest BCUT2D eigenvalue weighted by atomic mass is 10.0. The summed E-state index contributed by atoms with van der Waals surface area (Å²) in [6.07, 6.45) is 0. The van der Waals surface area contributed by atoms with E-state index >= 15 is 0 Å². The zero-order valence-electron chi connectivity index (χ0n) is 8.98. The van der Waals surface area contributed by atoms with E-state index in [1.165, 1.54) is 7.05 Å². The summed E-state index contributed by atoms with van der Waals surface area (Å²) < 4.78 is 39.2. The van der Waals surface area contributed by atoms with Crippen LogP contribution in [0, 0.1) is 5.82 Å². The molecule has 0 aliphatic carbocycles. The molecule has 0 radical (unpaired) electrons. The van der Waals surface area contributed by atoms with Crippen molar-refractivity contribution >= 4 is 5.78 Å². The Kier molecular flexibility index (Phi) is 3.70. The molecule has 0 saturated heterocycles. The molecule has 0 atom stereocenters. The predicted molar refractivity (Wildman–Crippen MR) is 54.2 cm³/mol. The summed E-state index contributed by atoms with van der Waals surface area (Å²) in [7, 11) is 1.52. The molecule has 0 amide bonds. The number of hydrogen-bond acceptors (Lipinski definition) is 2. The van der Waals surface area contributed by atoms with E-state index in [2.05, 4.69) is 5.32 Å². The standard InChI is InChI=1S/C11H12F3NO/c1-11(13,14)7-3-4-9(12)8(5-7)10(16)6-15-2/h3-5,15H,6H2,1-2H3. The molecule has 0 spiro atoms. The Morgan fingerprint density at radius 2 is 2.06 bits per heavy atom. The number of alkyl halides is 2. The van der Waals surface area contributed by atoms with Crippen molar-refractivity contribution in [2.24, 2.45) is 0 Å². The molecule has 0 bridgehead atoms. The number of carbonyl (C=O) groups excluding carboxylic acids is 1. The second-order valence-corrected chi connectivity index (χ2v) is 3.54. The van der Waals surface area contributed by atoms with Gasteiger partial charge in [0.15, 0.2) is 5.78 Å². The van der Waals surface area contributed by atoms with E-state index in [1.54, 1.807) is 0 Å². The lowest BCUT2D eigenvalue weighted by Gasteiger charge is -2.12. The van der Waals surface area contributed by atoms with Gasteiger partial charge < -0.3 is 5.32 Å². The van der Waals surface area contributed by atoms with Crippen LogP contribution < -0.4 is 5.32 Å². The zero-order chi connectivity index (χ0) is 12.3. The SMILES string of the molecule is CNCC(=O)c1cc(C(C)(F)F)ccc1F. The van der Waals surface area contributed by atoms with Crippen molar-refractivity contribution in [2.75, 3.05) is 13.6 Å². The molecule has 1 aromatic carbocycles. The number of rotatable bonds is 4. The molecule has 0 unspecified atom stereocenters. The summed E-state index contributed by atoms with van der Waals surface area (Å²) >= 11 is 0. The van der Waals surface area contributed by atoms with Crippen LogP contribution in [-0.4, -0.2) is 19.4 Å². The molecule has 0 aliphatic heterocycles. The second-order valence-electron chi connectivity index (χ2n) is 3.54. The van der Waals surface area contributed by atoms with Crippen molar-refractivity contribution in [3.63, 3.8) is 0 Å². The van der Waals surface area contributed by atoms with Crippen LogP contribution >= 0.6 is 0 Å². The normalized spacial score (nSPS) is 11.6. The van der Waals surface area contributed by atoms with Crippen molar-refractivity contribution in [1.82, 2.24) is 5.32 Å². The Morgan fingerprint density at radius 3 is 2.56 bits per heavy atom. The van der Waals surface area contributed by atoms with E-state index in [4.69, 9.17) is 0 Å². The van der Waals surface area contributed by atoms with Crippen LogP contribution in [0.4, 0.5) is 13.2 Å². The second kappa shape index (κ2) is 4.65. The highest BCUT2D eigenvalue weighted by atomic mass is 19.3. The lowest BCUT2D eigenvalue weighted by molar-refractivity contribution is 0.0174. The Balaban J connectivity index is 3.14. The van der Waals surface area contributed by atoms with E-state index < -0.39 is 17.5 Å². The minimum atomic E-state index is -3.08. The van der Waals surface area contributed by atoms with E-state index in [9.17, 15) is 18.0 Å². The summed E-state index contributed by atoms with van der Waals surface area (Å²) in [5.74, 6) is -4.41. The molecule has 1 aromatic rings.